The number of aromatic nitrogens is 4. The largest absolute Gasteiger partial charge is 0.333 e. The smallest absolute Gasteiger partial charge is 0.312 e. The SMILES string of the molecule is Cn1c(=O)c2c(nc(S(C)(=O)=O)n2C)n(CC#Cc2cccc(F)c2)c1=O. The normalized spacial score (nSPS) is 11.4. The lowest BCUT2D eigenvalue weighted by Gasteiger charge is -2.05. The summed E-state index contributed by atoms with van der Waals surface area (Å²) >= 11 is 0. The lowest BCUT2D eigenvalue weighted by molar-refractivity contribution is 0.586. The topological polar surface area (TPSA) is 96.0 Å². The van der Waals surface area contributed by atoms with Crippen molar-refractivity contribution < 1.29 is 12.8 Å². The Labute approximate surface area is 153 Å². The van der Waals surface area contributed by atoms with Crippen LogP contribution in [0.2, 0.25) is 0 Å². The number of nitrogens with zero attached hydrogens (tertiary/aromatic N) is 4. The van der Waals surface area contributed by atoms with Gasteiger partial charge in [0.25, 0.3) is 5.56 Å². The monoisotopic (exact) mass is 390 g/mol. The molecule has 0 spiro atoms. The van der Waals surface area contributed by atoms with Crippen molar-refractivity contribution in [3.8, 4) is 11.8 Å². The van der Waals surface area contributed by atoms with Gasteiger partial charge in [0, 0.05) is 25.9 Å². The van der Waals surface area contributed by atoms with Gasteiger partial charge in [-0.25, -0.2) is 17.6 Å². The molecule has 0 amide bonds. The Balaban J connectivity index is 2.22. The number of hydrogen-bond acceptors (Lipinski definition) is 5. The maximum absolute atomic E-state index is 13.2. The molecular formula is C17H15FN4O4S. The first-order valence-corrected chi connectivity index (χ1v) is 9.61. The molecule has 0 bridgehead atoms. The summed E-state index contributed by atoms with van der Waals surface area (Å²) in [5, 5.41) is -0.327. The lowest BCUT2D eigenvalue weighted by atomic mass is 10.2. The first-order valence-electron chi connectivity index (χ1n) is 7.72. The van der Waals surface area contributed by atoms with Crippen LogP contribution in [-0.2, 0) is 30.5 Å². The third-order valence-electron chi connectivity index (χ3n) is 3.94. The fourth-order valence-corrected chi connectivity index (χ4v) is 3.51. The highest BCUT2D eigenvalue weighted by Gasteiger charge is 2.23. The van der Waals surface area contributed by atoms with E-state index >= 15 is 0 Å². The molecule has 2 heterocycles. The molecule has 0 aliphatic rings. The van der Waals surface area contributed by atoms with Crippen LogP contribution in [0.5, 0.6) is 0 Å². The number of rotatable bonds is 2. The van der Waals surface area contributed by atoms with Crippen molar-refractivity contribution in [3.63, 3.8) is 0 Å². The Kier molecular flexibility index (Phi) is 4.49. The van der Waals surface area contributed by atoms with E-state index < -0.39 is 26.9 Å². The number of benzene rings is 1. The molecule has 3 aromatic rings. The first-order chi connectivity index (χ1) is 12.6. The summed E-state index contributed by atoms with van der Waals surface area (Å²) < 4.78 is 40.1. The molecule has 0 aliphatic carbocycles. The van der Waals surface area contributed by atoms with E-state index in [4.69, 9.17) is 0 Å². The lowest BCUT2D eigenvalue weighted by Crippen LogP contribution is -2.38. The van der Waals surface area contributed by atoms with Crippen LogP contribution in [0.3, 0.4) is 0 Å². The number of fused-ring (bicyclic) bond motifs is 1. The van der Waals surface area contributed by atoms with Crippen LogP contribution >= 0.6 is 0 Å². The molecule has 0 unspecified atom stereocenters. The van der Waals surface area contributed by atoms with Crippen molar-refractivity contribution in [2.45, 2.75) is 11.7 Å². The average molecular weight is 390 g/mol. The van der Waals surface area contributed by atoms with Gasteiger partial charge in [0.1, 0.15) is 5.82 Å². The van der Waals surface area contributed by atoms with Crippen LogP contribution in [0.15, 0.2) is 39.0 Å². The van der Waals surface area contributed by atoms with Gasteiger partial charge >= 0.3 is 5.69 Å². The highest BCUT2D eigenvalue weighted by molar-refractivity contribution is 7.90. The minimum atomic E-state index is -3.71. The summed E-state index contributed by atoms with van der Waals surface area (Å²) in [7, 11) is -1.04. The van der Waals surface area contributed by atoms with Crippen LogP contribution in [-0.4, -0.2) is 33.4 Å². The van der Waals surface area contributed by atoms with Crippen LogP contribution in [0, 0.1) is 17.7 Å². The van der Waals surface area contributed by atoms with Crippen molar-refractivity contribution in [2.24, 2.45) is 14.1 Å². The van der Waals surface area contributed by atoms with Gasteiger partial charge < -0.3 is 4.57 Å². The van der Waals surface area contributed by atoms with E-state index in [0.717, 1.165) is 20.0 Å². The fraction of sp³-hybridized carbons (Fsp3) is 0.235. The van der Waals surface area contributed by atoms with Crippen molar-refractivity contribution in [2.75, 3.05) is 6.26 Å². The molecule has 1 aromatic carbocycles. The van der Waals surface area contributed by atoms with Gasteiger partial charge in [-0.3, -0.25) is 13.9 Å². The highest BCUT2D eigenvalue weighted by Crippen LogP contribution is 2.14. The summed E-state index contributed by atoms with van der Waals surface area (Å²) in [6.45, 7) is -0.153. The van der Waals surface area contributed by atoms with Gasteiger partial charge in [0.2, 0.25) is 15.0 Å². The predicted octanol–water partition coefficient (Wildman–Crippen LogP) is 0.0280. The maximum atomic E-state index is 13.2. The Morgan fingerprint density at radius 2 is 1.89 bits per heavy atom. The maximum Gasteiger partial charge on any atom is 0.333 e. The van der Waals surface area contributed by atoms with E-state index in [2.05, 4.69) is 16.8 Å². The second kappa shape index (κ2) is 6.51. The molecule has 2 aromatic heterocycles. The van der Waals surface area contributed by atoms with Crippen LogP contribution in [0.4, 0.5) is 4.39 Å². The van der Waals surface area contributed by atoms with Crippen molar-refractivity contribution in [1.82, 2.24) is 18.7 Å². The third kappa shape index (κ3) is 3.29. The summed E-state index contributed by atoms with van der Waals surface area (Å²) in [5.74, 6) is 5.01. The van der Waals surface area contributed by atoms with Crippen LogP contribution < -0.4 is 11.2 Å². The molecule has 10 heteroatoms. The number of halogens is 1. The molecule has 0 aliphatic heterocycles. The molecule has 0 atom stereocenters. The van der Waals surface area contributed by atoms with E-state index in [9.17, 15) is 22.4 Å². The summed E-state index contributed by atoms with van der Waals surface area (Å²) in [6, 6.07) is 5.65. The Morgan fingerprint density at radius 3 is 2.52 bits per heavy atom. The molecule has 8 nitrogen and oxygen atoms in total. The summed E-state index contributed by atoms with van der Waals surface area (Å²) in [5.41, 5.74) is -1.01. The quantitative estimate of drug-likeness (QED) is 0.575. The zero-order chi connectivity index (χ0) is 19.9. The zero-order valence-electron chi connectivity index (χ0n) is 14.7. The summed E-state index contributed by atoms with van der Waals surface area (Å²) in [4.78, 5) is 28.9. The van der Waals surface area contributed by atoms with Crippen molar-refractivity contribution in [1.29, 1.82) is 0 Å². The van der Waals surface area contributed by atoms with Crippen LogP contribution in [0.25, 0.3) is 11.2 Å². The molecule has 0 radical (unpaired) electrons. The minimum absolute atomic E-state index is 0.0231. The predicted molar refractivity (Wildman–Crippen MR) is 96.6 cm³/mol. The van der Waals surface area contributed by atoms with Gasteiger partial charge in [-0.05, 0) is 18.2 Å². The number of aryl methyl sites for hydroxylation is 1. The number of sulfone groups is 1. The van der Waals surface area contributed by atoms with Gasteiger partial charge in [-0.2, -0.15) is 4.98 Å². The number of hydrogen-bond donors (Lipinski definition) is 0. The Bertz CT molecular complexity index is 1350. The molecular weight excluding hydrogens is 375 g/mol. The highest BCUT2D eigenvalue weighted by atomic mass is 32.2. The van der Waals surface area contributed by atoms with Crippen LogP contribution in [0.1, 0.15) is 5.56 Å². The second-order valence-electron chi connectivity index (χ2n) is 5.94. The molecule has 140 valence electrons. The van der Waals surface area contributed by atoms with Gasteiger partial charge in [0.05, 0.1) is 6.54 Å². The molecule has 0 saturated heterocycles. The zero-order valence-corrected chi connectivity index (χ0v) is 15.5. The molecule has 0 fully saturated rings. The molecule has 3 rings (SSSR count). The fourth-order valence-electron chi connectivity index (χ4n) is 2.67. The minimum Gasteiger partial charge on any atom is -0.312 e. The molecule has 27 heavy (non-hydrogen) atoms. The van der Waals surface area contributed by atoms with Gasteiger partial charge in [0.15, 0.2) is 11.2 Å². The molecule has 0 N–H and O–H groups in total. The van der Waals surface area contributed by atoms with E-state index in [-0.39, 0.29) is 22.9 Å². The first kappa shape index (κ1) is 18.6. The van der Waals surface area contributed by atoms with Gasteiger partial charge in [-0.1, -0.05) is 17.9 Å². The van der Waals surface area contributed by atoms with Gasteiger partial charge in [-0.15, -0.1) is 0 Å². The second-order valence-corrected chi connectivity index (χ2v) is 7.85. The number of imidazole rings is 1. The van der Waals surface area contributed by atoms with E-state index in [1.165, 1.54) is 32.3 Å². The van der Waals surface area contributed by atoms with Crippen molar-refractivity contribution >= 4 is 21.0 Å². The standard InChI is InChI=1S/C17H15FN4O4S/c1-20-13-14(19-16(20)27(3,25)26)22(17(24)21(2)15(13)23)9-5-7-11-6-4-8-12(18)10-11/h4,6,8,10H,9H2,1-3H3. The van der Waals surface area contributed by atoms with E-state index in [1.807, 2.05) is 0 Å². The van der Waals surface area contributed by atoms with E-state index in [0.29, 0.717) is 5.56 Å². The van der Waals surface area contributed by atoms with E-state index in [1.54, 1.807) is 6.07 Å². The third-order valence-corrected chi connectivity index (χ3v) is 4.97. The average Bonchev–Trinajstić information content (AvgIpc) is 2.93. The molecule has 0 saturated carbocycles. The Hall–Kier alpha value is -3.19. The Morgan fingerprint density at radius 1 is 1.19 bits per heavy atom. The summed E-state index contributed by atoms with van der Waals surface area (Å²) in [6.07, 6.45) is 0.963. The van der Waals surface area contributed by atoms with Crippen molar-refractivity contribution in [3.05, 3.63) is 56.5 Å².